The van der Waals surface area contributed by atoms with Crippen molar-refractivity contribution in [3.63, 3.8) is 0 Å². The van der Waals surface area contributed by atoms with Crippen molar-refractivity contribution in [1.29, 1.82) is 0 Å². The smallest absolute Gasteiger partial charge is 0.270 e. The van der Waals surface area contributed by atoms with Gasteiger partial charge in [0, 0.05) is 31.9 Å². The van der Waals surface area contributed by atoms with Crippen LogP contribution in [0.1, 0.15) is 40.3 Å². The normalized spacial score (nSPS) is 10.5. The molecule has 0 fully saturated rings. The molecule has 0 saturated heterocycles. The number of rotatable bonds is 7. The van der Waals surface area contributed by atoms with Gasteiger partial charge in [-0.25, -0.2) is 4.39 Å². The van der Waals surface area contributed by atoms with Gasteiger partial charge in [-0.05, 0) is 37.6 Å². The number of nitrogens with one attached hydrogen (secondary N) is 1. The van der Waals surface area contributed by atoms with E-state index in [0.717, 1.165) is 5.56 Å². The van der Waals surface area contributed by atoms with Gasteiger partial charge in [0.15, 0.2) is 5.78 Å². The lowest BCUT2D eigenvalue weighted by atomic mass is 10.2. The summed E-state index contributed by atoms with van der Waals surface area (Å²) in [6, 6.07) is 7.36. The fraction of sp³-hybridized carbons (Fsp3) is 0.316. The Morgan fingerprint density at radius 2 is 1.85 bits per heavy atom. The van der Waals surface area contributed by atoms with Crippen molar-refractivity contribution in [2.24, 2.45) is 7.05 Å². The molecule has 2 rings (SSSR count). The average Bonchev–Trinajstić information content (AvgIpc) is 3.00. The van der Waals surface area contributed by atoms with Crippen molar-refractivity contribution in [2.75, 3.05) is 13.1 Å². The number of likely N-dealkylation sites (N-methyl/N-ethyl adjacent to an activating group) is 1. The molecule has 2 amide bonds. The number of amides is 2. The lowest BCUT2D eigenvalue weighted by molar-refractivity contribution is -0.121. The van der Waals surface area contributed by atoms with Crippen LogP contribution in [0, 0.1) is 5.82 Å². The highest BCUT2D eigenvalue weighted by atomic mass is 19.1. The number of nitrogens with zero attached hydrogens (tertiary/aromatic N) is 2. The Bertz CT molecular complexity index is 812. The number of benzene rings is 1. The number of hydrogen-bond acceptors (Lipinski definition) is 3. The van der Waals surface area contributed by atoms with Crippen LogP contribution in [-0.2, 0) is 18.4 Å². The molecule has 6 nitrogen and oxygen atoms in total. The minimum atomic E-state index is -0.338. The molecule has 0 saturated carbocycles. The first-order valence-corrected chi connectivity index (χ1v) is 8.29. The largest absolute Gasteiger partial charge is 0.350 e. The van der Waals surface area contributed by atoms with E-state index in [-0.39, 0.29) is 36.5 Å². The fourth-order valence-corrected chi connectivity index (χ4v) is 2.49. The second kappa shape index (κ2) is 8.42. The third-order valence-corrected chi connectivity index (χ3v) is 4.04. The molecule has 0 radical (unpaired) electrons. The highest BCUT2D eigenvalue weighted by molar-refractivity contribution is 6.00. The van der Waals surface area contributed by atoms with Crippen LogP contribution in [0.25, 0.3) is 0 Å². The number of hydrogen-bond donors (Lipinski definition) is 1. The van der Waals surface area contributed by atoms with Crippen LogP contribution >= 0.6 is 0 Å². The van der Waals surface area contributed by atoms with E-state index in [0.29, 0.717) is 17.8 Å². The Morgan fingerprint density at radius 1 is 1.19 bits per heavy atom. The molecule has 0 aliphatic heterocycles. The molecule has 138 valence electrons. The third kappa shape index (κ3) is 4.78. The first-order valence-electron chi connectivity index (χ1n) is 8.29. The van der Waals surface area contributed by atoms with Gasteiger partial charge in [-0.15, -0.1) is 0 Å². The minimum Gasteiger partial charge on any atom is -0.350 e. The van der Waals surface area contributed by atoms with Gasteiger partial charge in [-0.3, -0.25) is 14.4 Å². The molecule has 2 aromatic rings. The Morgan fingerprint density at radius 3 is 2.38 bits per heavy atom. The minimum absolute atomic E-state index is 0.100. The van der Waals surface area contributed by atoms with Crippen LogP contribution in [0.15, 0.2) is 36.5 Å². The number of carbonyl (C=O) groups excluding carboxylic acids is 3. The molecule has 0 aliphatic carbocycles. The first-order chi connectivity index (χ1) is 12.3. The van der Waals surface area contributed by atoms with Crippen molar-refractivity contribution in [2.45, 2.75) is 20.4 Å². The summed E-state index contributed by atoms with van der Waals surface area (Å²) >= 11 is 0. The van der Waals surface area contributed by atoms with Crippen molar-refractivity contribution >= 4 is 17.6 Å². The molecule has 7 heteroatoms. The van der Waals surface area contributed by atoms with Gasteiger partial charge in [0.1, 0.15) is 11.5 Å². The molecule has 0 aliphatic rings. The van der Waals surface area contributed by atoms with E-state index in [1.54, 1.807) is 36.9 Å². The molecule has 0 spiro atoms. The molecule has 1 aromatic carbocycles. The predicted molar refractivity (Wildman–Crippen MR) is 95.2 cm³/mol. The van der Waals surface area contributed by atoms with Crippen molar-refractivity contribution in [3.05, 3.63) is 59.2 Å². The number of halogens is 1. The zero-order chi connectivity index (χ0) is 19.3. The number of ketones is 1. The number of aryl methyl sites for hydroxylation is 1. The topological polar surface area (TPSA) is 71.4 Å². The summed E-state index contributed by atoms with van der Waals surface area (Å²) in [6.07, 6.45) is 1.60. The highest BCUT2D eigenvalue weighted by Gasteiger charge is 2.21. The second-order valence-electron chi connectivity index (χ2n) is 6.00. The molecule has 0 atom stereocenters. The summed E-state index contributed by atoms with van der Waals surface area (Å²) in [7, 11) is 1.68. The fourth-order valence-electron chi connectivity index (χ4n) is 2.49. The van der Waals surface area contributed by atoms with E-state index in [4.69, 9.17) is 0 Å². The first kappa shape index (κ1) is 19.4. The predicted octanol–water partition coefficient (Wildman–Crippen LogP) is 2.15. The number of carbonyl (C=O) groups is 3. The number of Topliss-reactive ketones (excluding diaryl/α,β-unsaturated/α-hetero) is 1. The summed E-state index contributed by atoms with van der Waals surface area (Å²) in [4.78, 5) is 37.7. The Hall–Kier alpha value is -2.96. The van der Waals surface area contributed by atoms with E-state index in [1.165, 1.54) is 30.0 Å². The van der Waals surface area contributed by atoms with E-state index in [9.17, 15) is 18.8 Å². The van der Waals surface area contributed by atoms with Crippen LogP contribution in [0.2, 0.25) is 0 Å². The van der Waals surface area contributed by atoms with Crippen LogP contribution in [0.3, 0.4) is 0 Å². The SMILES string of the molecule is CCN(CC(=O)NCc1ccc(F)cc1)C(=O)c1cc(C(C)=O)cn1C. The van der Waals surface area contributed by atoms with Crippen molar-refractivity contribution < 1.29 is 18.8 Å². The Labute approximate surface area is 151 Å². The summed E-state index contributed by atoms with van der Waals surface area (Å²) in [5, 5.41) is 2.71. The molecule has 0 bridgehead atoms. The molecule has 0 unspecified atom stereocenters. The average molecular weight is 359 g/mol. The molecule has 1 N–H and O–H groups in total. The van der Waals surface area contributed by atoms with Gasteiger partial charge in [-0.2, -0.15) is 0 Å². The Kier molecular flexibility index (Phi) is 6.27. The zero-order valence-corrected chi connectivity index (χ0v) is 15.1. The van der Waals surface area contributed by atoms with Gasteiger partial charge in [0.2, 0.25) is 5.91 Å². The maximum atomic E-state index is 12.9. The van der Waals surface area contributed by atoms with Gasteiger partial charge in [0.25, 0.3) is 5.91 Å². The van der Waals surface area contributed by atoms with Crippen LogP contribution < -0.4 is 5.32 Å². The maximum Gasteiger partial charge on any atom is 0.270 e. The van der Waals surface area contributed by atoms with Crippen LogP contribution in [0.5, 0.6) is 0 Å². The van der Waals surface area contributed by atoms with E-state index >= 15 is 0 Å². The second-order valence-corrected chi connectivity index (χ2v) is 6.00. The molecular formula is C19H22FN3O3. The summed E-state index contributed by atoms with van der Waals surface area (Å²) in [5.74, 6) is -1.10. The zero-order valence-electron chi connectivity index (χ0n) is 15.1. The monoisotopic (exact) mass is 359 g/mol. The highest BCUT2D eigenvalue weighted by Crippen LogP contribution is 2.11. The van der Waals surface area contributed by atoms with E-state index < -0.39 is 0 Å². The summed E-state index contributed by atoms with van der Waals surface area (Å²) in [6.45, 7) is 3.72. The molecule has 1 heterocycles. The molecule has 26 heavy (non-hydrogen) atoms. The third-order valence-electron chi connectivity index (χ3n) is 4.04. The van der Waals surface area contributed by atoms with Crippen molar-refractivity contribution in [1.82, 2.24) is 14.8 Å². The lowest BCUT2D eigenvalue weighted by Crippen LogP contribution is -2.41. The molecular weight excluding hydrogens is 337 g/mol. The Balaban J connectivity index is 1.99. The van der Waals surface area contributed by atoms with Gasteiger partial charge in [-0.1, -0.05) is 12.1 Å². The van der Waals surface area contributed by atoms with Crippen LogP contribution in [0.4, 0.5) is 4.39 Å². The van der Waals surface area contributed by atoms with Gasteiger partial charge < -0.3 is 14.8 Å². The van der Waals surface area contributed by atoms with Gasteiger partial charge >= 0.3 is 0 Å². The van der Waals surface area contributed by atoms with Crippen LogP contribution in [-0.4, -0.2) is 40.2 Å². The lowest BCUT2D eigenvalue weighted by Gasteiger charge is -2.20. The quantitative estimate of drug-likeness (QED) is 0.770. The van der Waals surface area contributed by atoms with Gasteiger partial charge in [0.05, 0.1) is 6.54 Å². The number of aromatic nitrogens is 1. The standard InChI is InChI=1S/C19H22FN3O3/c1-4-23(19(26)17-9-15(13(2)24)11-22(17)3)12-18(25)21-10-14-5-7-16(20)8-6-14/h5-9,11H,4,10,12H2,1-3H3,(H,21,25). The van der Waals surface area contributed by atoms with E-state index in [1.807, 2.05) is 0 Å². The maximum absolute atomic E-state index is 12.9. The van der Waals surface area contributed by atoms with Crippen molar-refractivity contribution in [3.8, 4) is 0 Å². The summed E-state index contributed by atoms with van der Waals surface area (Å²) < 4.78 is 14.5. The summed E-state index contributed by atoms with van der Waals surface area (Å²) in [5.41, 5.74) is 1.57. The molecule has 1 aromatic heterocycles. The van der Waals surface area contributed by atoms with E-state index in [2.05, 4.69) is 5.32 Å².